The van der Waals surface area contributed by atoms with E-state index in [0.29, 0.717) is 0 Å². The number of imide groups is 1. The standard InChI is InChI=1S/C6H10N2O4/c1-3(9)8-6(12)4(7)2-5(10)11/h4H,2,7H2,1H3,(H,10,11)(H,8,9,12)/t4-/m0/s1. The third kappa shape index (κ3) is 4.40. The number of hydrogen-bond acceptors (Lipinski definition) is 4. The van der Waals surface area contributed by atoms with Gasteiger partial charge in [-0.05, 0) is 0 Å². The van der Waals surface area contributed by atoms with Gasteiger partial charge in [0.1, 0.15) is 0 Å². The van der Waals surface area contributed by atoms with Crippen LogP contribution in [0.5, 0.6) is 0 Å². The van der Waals surface area contributed by atoms with Crippen molar-refractivity contribution in [2.24, 2.45) is 5.73 Å². The zero-order valence-corrected chi connectivity index (χ0v) is 6.53. The summed E-state index contributed by atoms with van der Waals surface area (Å²) in [4.78, 5) is 31.1. The van der Waals surface area contributed by atoms with Crippen LogP contribution in [-0.2, 0) is 14.4 Å². The molecule has 0 bridgehead atoms. The van der Waals surface area contributed by atoms with Gasteiger partial charge in [-0.15, -0.1) is 0 Å². The van der Waals surface area contributed by atoms with Crippen LogP contribution in [0.1, 0.15) is 13.3 Å². The van der Waals surface area contributed by atoms with Crippen LogP contribution in [-0.4, -0.2) is 28.9 Å². The number of aliphatic carboxylic acids is 1. The van der Waals surface area contributed by atoms with Crippen molar-refractivity contribution in [3.8, 4) is 0 Å². The molecule has 0 aromatic heterocycles. The SMILES string of the molecule is CC(=O)NC(=O)[C@@H](N)CC(=O)O. The lowest BCUT2D eigenvalue weighted by molar-refractivity contribution is -0.140. The Balaban J connectivity index is 3.93. The van der Waals surface area contributed by atoms with E-state index in [9.17, 15) is 14.4 Å². The van der Waals surface area contributed by atoms with Crippen LogP contribution in [0.15, 0.2) is 0 Å². The molecule has 68 valence electrons. The fourth-order valence-electron chi connectivity index (χ4n) is 0.547. The minimum atomic E-state index is -1.18. The van der Waals surface area contributed by atoms with E-state index >= 15 is 0 Å². The number of nitrogens with two attached hydrogens (primary N) is 1. The summed E-state index contributed by atoms with van der Waals surface area (Å²) in [5.41, 5.74) is 5.12. The number of carboxylic acid groups (broad SMARTS) is 1. The Morgan fingerprint density at radius 1 is 1.50 bits per heavy atom. The summed E-state index contributed by atoms with van der Waals surface area (Å²) in [6, 6.07) is -1.17. The van der Waals surface area contributed by atoms with Crippen LogP contribution in [0.2, 0.25) is 0 Å². The van der Waals surface area contributed by atoms with Crippen molar-refractivity contribution < 1.29 is 19.5 Å². The fraction of sp³-hybridized carbons (Fsp3) is 0.500. The van der Waals surface area contributed by atoms with E-state index in [1.807, 2.05) is 5.32 Å². The Labute approximate surface area is 68.7 Å². The maximum atomic E-state index is 10.8. The smallest absolute Gasteiger partial charge is 0.305 e. The number of carboxylic acids is 1. The first kappa shape index (κ1) is 10.6. The van der Waals surface area contributed by atoms with E-state index in [-0.39, 0.29) is 0 Å². The van der Waals surface area contributed by atoms with Crippen LogP contribution >= 0.6 is 0 Å². The molecule has 0 radical (unpaired) electrons. The first-order chi connectivity index (χ1) is 5.43. The van der Waals surface area contributed by atoms with E-state index in [1.54, 1.807) is 0 Å². The second-order valence-electron chi connectivity index (χ2n) is 2.25. The molecule has 0 spiro atoms. The third-order valence-electron chi connectivity index (χ3n) is 1.03. The second kappa shape index (κ2) is 4.45. The quantitative estimate of drug-likeness (QED) is 0.480. The predicted octanol–water partition coefficient (Wildman–Crippen LogP) is -1.55. The number of carbonyl (C=O) groups excluding carboxylic acids is 2. The van der Waals surface area contributed by atoms with Gasteiger partial charge in [0.15, 0.2) is 0 Å². The molecular formula is C6H10N2O4. The van der Waals surface area contributed by atoms with Crippen molar-refractivity contribution in [3.05, 3.63) is 0 Å². The van der Waals surface area contributed by atoms with Crippen LogP contribution < -0.4 is 11.1 Å². The monoisotopic (exact) mass is 174 g/mol. The Kier molecular flexibility index (Phi) is 3.92. The van der Waals surface area contributed by atoms with E-state index in [1.165, 1.54) is 0 Å². The zero-order chi connectivity index (χ0) is 9.72. The summed E-state index contributed by atoms with van der Waals surface area (Å²) in [6.45, 7) is 1.14. The van der Waals surface area contributed by atoms with Gasteiger partial charge in [0, 0.05) is 6.92 Å². The Morgan fingerprint density at radius 3 is 2.33 bits per heavy atom. The van der Waals surface area contributed by atoms with Crippen molar-refractivity contribution in [2.75, 3.05) is 0 Å². The van der Waals surface area contributed by atoms with Crippen molar-refractivity contribution >= 4 is 17.8 Å². The molecule has 0 unspecified atom stereocenters. The lowest BCUT2D eigenvalue weighted by Gasteiger charge is -2.06. The summed E-state index contributed by atoms with van der Waals surface area (Å²) in [5.74, 6) is -2.51. The summed E-state index contributed by atoms with van der Waals surface area (Å²) in [5, 5.41) is 10.1. The average molecular weight is 174 g/mol. The lowest BCUT2D eigenvalue weighted by atomic mass is 10.2. The molecule has 12 heavy (non-hydrogen) atoms. The predicted molar refractivity (Wildman–Crippen MR) is 39.1 cm³/mol. The molecule has 0 aliphatic heterocycles. The maximum Gasteiger partial charge on any atom is 0.305 e. The summed E-state index contributed by atoms with van der Waals surface area (Å²) in [7, 11) is 0. The molecule has 0 saturated carbocycles. The first-order valence-corrected chi connectivity index (χ1v) is 3.22. The highest BCUT2D eigenvalue weighted by Gasteiger charge is 2.17. The molecule has 0 heterocycles. The van der Waals surface area contributed by atoms with Crippen LogP contribution in [0.25, 0.3) is 0 Å². The molecule has 0 rings (SSSR count). The van der Waals surface area contributed by atoms with Crippen LogP contribution in [0, 0.1) is 0 Å². The van der Waals surface area contributed by atoms with Gasteiger partial charge in [0.05, 0.1) is 12.5 Å². The van der Waals surface area contributed by atoms with Crippen molar-refractivity contribution in [1.29, 1.82) is 0 Å². The van der Waals surface area contributed by atoms with Gasteiger partial charge in [-0.1, -0.05) is 0 Å². The Bertz CT molecular complexity index is 214. The number of hydrogen-bond donors (Lipinski definition) is 3. The number of carbonyl (C=O) groups is 3. The molecule has 1 atom stereocenters. The van der Waals surface area contributed by atoms with Crippen molar-refractivity contribution in [3.63, 3.8) is 0 Å². The highest BCUT2D eigenvalue weighted by molar-refractivity contribution is 5.97. The topological polar surface area (TPSA) is 109 Å². The Hall–Kier alpha value is -1.43. The van der Waals surface area contributed by atoms with E-state index in [0.717, 1.165) is 6.92 Å². The molecule has 0 fully saturated rings. The highest BCUT2D eigenvalue weighted by atomic mass is 16.4. The molecular weight excluding hydrogens is 164 g/mol. The molecule has 0 aromatic carbocycles. The van der Waals surface area contributed by atoms with Crippen LogP contribution in [0.4, 0.5) is 0 Å². The van der Waals surface area contributed by atoms with Gasteiger partial charge >= 0.3 is 5.97 Å². The third-order valence-corrected chi connectivity index (χ3v) is 1.03. The summed E-state index contributed by atoms with van der Waals surface area (Å²) in [6.07, 6.45) is -0.487. The van der Waals surface area contributed by atoms with Crippen molar-refractivity contribution in [2.45, 2.75) is 19.4 Å². The van der Waals surface area contributed by atoms with E-state index in [4.69, 9.17) is 10.8 Å². The molecule has 6 heteroatoms. The van der Waals surface area contributed by atoms with E-state index in [2.05, 4.69) is 0 Å². The molecule has 0 aliphatic carbocycles. The normalized spacial score (nSPS) is 11.8. The van der Waals surface area contributed by atoms with Gasteiger partial charge in [0.2, 0.25) is 11.8 Å². The molecule has 0 aromatic rings. The lowest BCUT2D eigenvalue weighted by Crippen LogP contribution is -2.43. The van der Waals surface area contributed by atoms with Crippen LogP contribution in [0.3, 0.4) is 0 Å². The largest absolute Gasteiger partial charge is 0.481 e. The second-order valence-corrected chi connectivity index (χ2v) is 2.25. The minimum Gasteiger partial charge on any atom is -0.481 e. The molecule has 6 nitrogen and oxygen atoms in total. The maximum absolute atomic E-state index is 10.8. The van der Waals surface area contributed by atoms with Gasteiger partial charge in [-0.2, -0.15) is 0 Å². The minimum absolute atomic E-state index is 0.487. The molecule has 0 saturated heterocycles. The zero-order valence-electron chi connectivity index (χ0n) is 6.53. The van der Waals surface area contributed by atoms with Gasteiger partial charge in [-0.25, -0.2) is 0 Å². The van der Waals surface area contributed by atoms with Gasteiger partial charge in [-0.3, -0.25) is 19.7 Å². The highest BCUT2D eigenvalue weighted by Crippen LogP contribution is 1.87. The molecule has 4 N–H and O–H groups in total. The average Bonchev–Trinajstić information content (AvgIpc) is 1.84. The fourth-order valence-corrected chi connectivity index (χ4v) is 0.547. The summed E-state index contributed by atoms with van der Waals surface area (Å²) < 4.78 is 0. The van der Waals surface area contributed by atoms with Gasteiger partial charge in [0.25, 0.3) is 0 Å². The van der Waals surface area contributed by atoms with Crippen molar-refractivity contribution in [1.82, 2.24) is 5.32 Å². The number of rotatable bonds is 3. The Morgan fingerprint density at radius 2 is 2.00 bits per heavy atom. The summed E-state index contributed by atoms with van der Waals surface area (Å²) >= 11 is 0. The number of nitrogens with one attached hydrogen (secondary N) is 1. The van der Waals surface area contributed by atoms with Gasteiger partial charge < -0.3 is 10.8 Å². The first-order valence-electron chi connectivity index (χ1n) is 3.22. The molecule has 2 amide bonds. The van der Waals surface area contributed by atoms with E-state index < -0.39 is 30.2 Å². The number of amides is 2. The molecule has 0 aliphatic rings.